The quantitative estimate of drug-likeness (QED) is 0.898. The maximum Gasteiger partial charge on any atom is 0.127 e. The van der Waals surface area contributed by atoms with Crippen molar-refractivity contribution in [1.29, 1.82) is 0 Å². The van der Waals surface area contributed by atoms with Crippen LogP contribution in [-0.4, -0.2) is 31.1 Å². The Morgan fingerprint density at radius 1 is 1.32 bits per heavy atom. The molecule has 0 saturated carbocycles. The Morgan fingerprint density at radius 2 is 2.11 bits per heavy atom. The Morgan fingerprint density at radius 3 is 2.79 bits per heavy atom. The summed E-state index contributed by atoms with van der Waals surface area (Å²) in [4.78, 5) is 2.44. The van der Waals surface area contributed by atoms with Gasteiger partial charge in [-0.05, 0) is 44.3 Å². The van der Waals surface area contributed by atoms with Crippen LogP contribution < -0.4 is 5.32 Å². The molecule has 3 rings (SSSR count). The summed E-state index contributed by atoms with van der Waals surface area (Å²) in [6.07, 6.45) is 2.52. The van der Waals surface area contributed by atoms with Crippen LogP contribution in [0.4, 0.5) is 4.39 Å². The number of nitrogens with zero attached hydrogens (tertiary/aromatic N) is 1. The van der Waals surface area contributed by atoms with Crippen molar-refractivity contribution in [2.24, 2.45) is 5.41 Å². The van der Waals surface area contributed by atoms with Crippen LogP contribution in [-0.2, 0) is 0 Å². The van der Waals surface area contributed by atoms with Crippen LogP contribution in [0.15, 0.2) is 24.3 Å². The van der Waals surface area contributed by atoms with Crippen LogP contribution in [0.3, 0.4) is 0 Å². The lowest BCUT2D eigenvalue weighted by Crippen LogP contribution is -2.31. The van der Waals surface area contributed by atoms with Gasteiger partial charge in [0.1, 0.15) is 5.82 Å². The van der Waals surface area contributed by atoms with E-state index < -0.39 is 0 Å². The third-order valence-electron chi connectivity index (χ3n) is 4.70. The van der Waals surface area contributed by atoms with Crippen LogP contribution in [0.25, 0.3) is 0 Å². The molecule has 2 unspecified atom stereocenters. The second-order valence-corrected chi connectivity index (χ2v) is 5.84. The van der Waals surface area contributed by atoms with E-state index in [1.165, 1.54) is 12.8 Å². The molecule has 1 aromatic carbocycles. The highest BCUT2D eigenvalue weighted by molar-refractivity contribution is 5.85. The molecule has 2 heterocycles. The first-order valence-corrected chi connectivity index (χ1v) is 6.89. The van der Waals surface area contributed by atoms with Gasteiger partial charge in [0.2, 0.25) is 0 Å². The fraction of sp³-hybridized carbons (Fsp3) is 0.600. The van der Waals surface area contributed by atoms with Crippen molar-refractivity contribution >= 4 is 12.4 Å². The predicted molar refractivity (Wildman–Crippen MR) is 78.2 cm³/mol. The Bertz CT molecular complexity index is 432. The van der Waals surface area contributed by atoms with E-state index in [2.05, 4.69) is 17.1 Å². The van der Waals surface area contributed by atoms with Crippen LogP contribution in [0.5, 0.6) is 0 Å². The van der Waals surface area contributed by atoms with Crippen molar-refractivity contribution in [3.05, 3.63) is 35.6 Å². The smallest absolute Gasteiger partial charge is 0.127 e. The molecule has 2 saturated heterocycles. The zero-order valence-corrected chi connectivity index (χ0v) is 12.2. The largest absolute Gasteiger partial charge is 0.316 e. The van der Waals surface area contributed by atoms with Gasteiger partial charge in [0.25, 0.3) is 0 Å². The number of halogens is 2. The molecule has 2 atom stereocenters. The van der Waals surface area contributed by atoms with E-state index in [-0.39, 0.29) is 24.3 Å². The van der Waals surface area contributed by atoms with Gasteiger partial charge in [-0.3, -0.25) is 4.90 Å². The normalized spacial score (nSPS) is 28.5. The molecule has 2 fully saturated rings. The van der Waals surface area contributed by atoms with E-state index in [9.17, 15) is 4.39 Å². The zero-order valence-electron chi connectivity index (χ0n) is 11.4. The fourth-order valence-electron chi connectivity index (χ4n) is 3.45. The molecule has 2 aliphatic rings. The van der Waals surface area contributed by atoms with Gasteiger partial charge in [-0.1, -0.05) is 18.2 Å². The molecule has 0 aliphatic carbocycles. The molecular formula is C15H22ClFN2. The molecule has 0 bridgehead atoms. The molecule has 2 nitrogen and oxygen atoms in total. The van der Waals surface area contributed by atoms with Gasteiger partial charge < -0.3 is 5.32 Å². The first kappa shape index (κ1) is 14.8. The van der Waals surface area contributed by atoms with Gasteiger partial charge in [0.15, 0.2) is 0 Å². The Labute approximate surface area is 120 Å². The molecule has 1 N–H and O–H groups in total. The molecular weight excluding hydrogens is 263 g/mol. The fourth-order valence-corrected chi connectivity index (χ4v) is 3.45. The van der Waals surface area contributed by atoms with E-state index in [0.717, 1.165) is 31.7 Å². The van der Waals surface area contributed by atoms with Gasteiger partial charge in [-0.2, -0.15) is 0 Å². The Kier molecular flexibility index (Phi) is 4.49. The lowest BCUT2D eigenvalue weighted by atomic mass is 9.86. The zero-order chi connectivity index (χ0) is 12.6. The van der Waals surface area contributed by atoms with Crippen molar-refractivity contribution in [3.8, 4) is 0 Å². The second-order valence-electron chi connectivity index (χ2n) is 5.84. The van der Waals surface area contributed by atoms with E-state index in [4.69, 9.17) is 0 Å². The minimum atomic E-state index is -0.0736. The summed E-state index contributed by atoms with van der Waals surface area (Å²) in [7, 11) is 0. The van der Waals surface area contributed by atoms with E-state index in [1.54, 1.807) is 12.1 Å². The van der Waals surface area contributed by atoms with Crippen molar-refractivity contribution in [2.75, 3.05) is 26.2 Å². The SMILES string of the molecule is CC(c1ccccc1F)N1CCC2(CCNC2)C1.Cl. The number of hydrogen-bond donors (Lipinski definition) is 1. The maximum atomic E-state index is 13.8. The monoisotopic (exact) mass is 284 g/mol. The van der Waals surface area contributed by atoms with Gasteiger partial charge >= 0.3 is 0 Å². The number of likely N-dealkylation sites (tertiary alicyclic amines) is 1. The summed E-state index contributed by atoms with van der Waals surface area (Å²) < 4.78 is 13.8. The minimum absolute atomic E-state index is 0. The van der Waals surface area contributed by atoms with Crippen LogP contribution >= 0.6 is 12.4 Å². The summed E-state index contributed by atoms with van der Waals surface area (Å²) >= 11 is 0. The predicted octanol–water partition coefficient (Wildman–Crippen LogP) is 2.99. The average molecular weight is 285 g/mol. The third-order valence-corrected chi connectivity index (χ3v) is 4.70. The van der Waals surface area contributed by atoms with Gasteiger partial charge in [0.05, 0.1) is 0 Å². The lowest BCUT2D eigenvalue weighted by Gasteiger charge is -2.28. The molecule has 0 radical (unpaired) electrons. The summed E-state index contributed by atoms with van der Waals surface area (Å²) in [5.74, 6) is -0.0736. The van der Waals surface area contributed by atoms with Gasteiger partial charge in [0, 0.05) is 24.7 Å². The summed E-state index contributed by atoms with van der Waals surface area (Å²) in [5, 5.41) is 3.46. The first-order valence-electron chi connectivity index (χ1n) is 6.89. The van der Waals surface area contributed by atoms with E-state index in [0.29, 0.717) is 5.41 Å². The highest BCUT2D eigenvalue weighted by Gasteiger charge is 2.41. The second kappa shape index (κ2) is 5.78. The maximum absolute atomic E-state index is 13.8. The Hall–Kier alpha value is -0.640. The first-order chi connectivity index (χ1) is 8.70. The number of hydrogen-bond acceptors (Lipinski definition) is 2. The molecule has 1 spiro atoms. The third kappa shape index (κ3) is 2.78. The summed E-state index contributed by atoms with van der Waals surface area (Å²) in [6, 6.07) is 7.36. The van der Waals surface area contributed by atoms with E-state index in [1.807, 2.05) is 12.1 Å². The summed E-state index contributed by atoms with van der Waals surface area (Å²) in [6.45, 7) is 6.60. The van der Waals surface area contributed by atoms with Crippen LogP contribution in [0, 0.1) is 11.2 Å². The van der Waals surface area contributed by atoms with Gasteiger partial charge in [-0.25, -0.2) is 4.39 Å². The van der Waals surface area contributed by atoms with Crippen LogP contribution in [0.1, 0.15) is 31.4 Å². The number of nitrogens with one attached hydrogen (secondary N) is 1. The standard InChI is InChI=1S/C15H21FN2.ClH/c1-12(13-4-2-3-5-14(13)16)18-9-7-15(11-18)6-8-17-10-15;/h2-5,12,17H,6-11H2,1H3;1H. The number of rotatable bonds is 2. The minimum Gasteiger partial charge on any atom is -0.316 e. The van der Waals surface area contributed by atoms with Crippen molar-refractivity contribution in [1.82, 2.24) is 10.2 Å². The molecule has 19 heavy (non-hydrogen) atoms. The number of benzene rings is 1. The highest BCUT2D eigenvalue weighted by Crippen LogP contribution is 2.39. The molecule has 106 valence electrons. The highest BCUT2D eigenvalue weighted by atomic mass is 35.5. The van der Waals surface area contributed by atoms with Gasteiger partial charge in [-0.15, -0.1) is 12.4 Å². The summed E-state index contributed by atoms with van der Waals surface area (Å²) in [5.41, 5.74) is 1.29. The van der Waals surface area contributed by atoms with Crippen molar-refractivity contribution in [3.63, 3.8) is 0 Å². The molecule has 0 amide bonds. The molecule has 1 aromatic rings. The topological polar surface area (TPSA) is 15.3 Å². The van der Waals surface area contributed by atoms with Crippen LogP contribution in [0.2, 0.25) is 0 Å². The van der Waals surface area contributed by atoms with Crippen molar-refractivity contribution in [2.45, 2.75) is 25.8 Å². The molecule has 4 heteroatoms. The average Bonchev–Trinajstić information content (AvgIpc) is 3.00. The molecule has 2 aliphatic heterocycles. The van der Waals surface area contributed by atoms with E-state index >= 15 is 0 Å². The molecule has 0 aromatic heterocycles. The lowest BCUT2D eigenvalue weighted by molar-refractivity contribution is 0.220. The Balaban J connectivity index is 0.00000133. The van der Waals surface area contributed by atoms with Crippen molar-refractivity contribution < 1.29 is 4.39 Å².